The van der Waals surface area contributed by atoms with E-state index in [9.17, 15) is 4.39 Å². The van der Waals surface area contributed by atoms with E-state index in [0.29, 0.717) is 22.1 Å². The first-order chi connectivity index (χ1) is 7.11. The third kappa shape index (κ3) is 1.88. The van der Waals surface area contributed by atoms with Crippen LogP contribution in [0, 0.1) is 18.7 Å². The van der Waals surface area contributed by atoms with E-state index in [2.05, 4.69) is 0 Å². The fourth-order valence-electron chi connectivity index (χ4n) is 2.02. The highest BCUT2D eigenvalue weighted by Crippen LogP contribution is 2.39. The van der Waals surface area contributed by atoms with Gasteiger partial charge in [-0.15, -0.1) is 0 Å². The van der Waals surface area contributed by atoms with E-state index >= 15 is 0 Å². The Morgan fingerprint density at radius 3 is 2.67 bits per heavy atom. The molecule has 0 saturated heterocycles. The predicted molar refractivity (Wildman–Crippen MR) is 60.4 cm³/mol. The van der Waals surface area contributed by atoms with Crippen LogP contribution in [-0.2, 0) is 0 Å². The molecule has 0 aromatic heterocycles. The molecule has 0 amide bonds. The molecule has 0 unspecified atom stereocenters. The Morgan fingerprint density at radius 2 is 2.13 bits per heavy atom. The molecule has 1 aromatic carbocycles. The lowest BCUT2D eigenvalue weighted by atomic mass is 9.77. The minimum Gasteiger partial charge on any atom is -0.324 e. The van der Waals surface area contributed by atoms with E-state index in [4.69, 9.17) is 17.3 Å². The van der Waals surface area contributed by atoms with Crippen LogP contribution in [0.3, 0.4) is 0 Å². The largest absolute Gasteiger partial charge is 0.324 e. The average Bonchev–Trinajstić information content (AvgIpc) is 2.09. The van der Waals surface area contributed by atoms with E-state index in [-0.39, 0.29) is 11.9 Å². The van der Waals surface area contributed by atoms with Gasteiger partial charge < -0.3 is 5.73 Å². The minimum absolute atomic E-state index is 0.234. The van der Waals surface area contributed by atoms with E-state index < -0.39 is 0 Å². The quantitative estimate of drug-likeness (QED) is 0.821. The summed E-state index contributed by atoms with van der Waals surface area (Å²) in [6.45, 7) is 1.74. The average molecular weight is 228 g/mol. The molecule has 1 aliphatic carbocycles. The normalized spacial score (nSPS) is 18.7. The van der Waals surface area contributed by atoms with Crippen molar-refractivity contribution in [2.75, 3.05) is 0 Å². The first kappa shape index (κ1) is 10.9. The summed E-state index contributed by atoms with van der Waals surface area (Å²) >= 11 is 6.00. The van der Waals surface area contributed by atoms with Crippen molar-refractivity contribution >= 4 is 11.6 Å². The van der Waals surface area contributed by atoms with Gasteiger partial charge in [-0.2, -0.15) is 0 Å². The molecule has 82 valence electrons. The highest BCUT2D eigenvalue weighted by Gasteiger charge is 2.29. The molecule has 3 heteroatoms. The van der Waals surface area contributed by atoms with Gasteiger partial charge in [0, 0.05) is 16.6 Å². The lowest BCUT2D eigenvalue weighted by Crippen LogP contribution is -2.28. The van der Waals surface area contributed by atoms with Gasteiger partial charge in [0.25, 0.3) is 0 Å². The van der Waals surface area contributed by atoms with Gasteiger partial charge in [-0.3, -0.25) is 0 Å². The molecule has 1 fully saturated rings. The Morgan fingerprint density at radius 1 is 1.47 bits per heavy atom. The summed E-state index contributed by atoms with van der Waals surface area (Å²) in [6, 6.07) is 3.17. The molecule has 1 nitrogen and oxygen atoms in total. The molecule has 1 aliphatic rings. The molecule has 0 spiro atoms. The van der Waals surface area contributed by atoms with Crippen LogP contribution in [0.1, 0.15) is 36.4 Å². The van der Waals surface area contributed by atoms with Gasteiger partial charge in [-0.25, -0.2) is 4.39 Å². The highest BCUT2D eigenvalue weighted by atomic mass is 35.5. The maximum atomic E-state index is 13.9. The summed E-state index contributed by atoms with van der Waals surface area (Å²) in [6.07, 6.45) is 3.37. The number of halogens is 2. The zero-order valence-electron chi connectivity index (χ0n) is 8.76. The van der Waals surface area contributed by atoms with Gasteiger partial charge in [0.1, 0.15) is 5.82 Å². The van der Waals surface area contributed by atoms with Crippen molar-refractivity contribution in [2.45, 2.75) is 32.2 Å². The van der Waals surface area contributed by atoms with Crippen molar-refractivity contribution in [2.24, 2.45) is 11.7 Å². The van der Waals surface area contributed by atoms with Gasteiger partial charge >= 0.3 is 0 Å². The Bertz CT molecular complexity index is 374. The lowest BCUT2D eigenvalue weighted by Gasteiger charge is -2.32. The van der Waals surface area contributed by atoms with Crippen molar-refractivity contribution in [3.8, 4) is 0 Å². The van der Waals surface area contributed by atoms with Crippen LogP contribution < -0.4 is 5.73 Å². The molecule has 15 heavy (non-hydrogen) atoms. The molecule has 0 bridgehead atoms. The third-order valence-electron chi connectivity index (χ3n) is 3.31. The summed E-state index contributed by atoms with van der Waals surface area (Å²) in [5.74, 6) is 0.167. The Hall–Kier alpha value is -0.600. The third-order valence-corrected chi connectivity index (χ3v) is 3.64. The zero-order valence-corrected chi connectivity index (χ0v) is 9.52. The summed E-state index contributed by atoms with van der Waals surface area (Å²) in [7, 11) is 0. The van der Waals surface area contributed by atoms with E-state index in [1.165, 1.54) is 6.42 Å². The monoisotopic (exact) mass is 227 g/mol. The SMILES string of the molecule is Cc1ccc(Cl)c([C@@H](N)C2CCC2)c1F. The molecule has 1 saturated carbocycles. The van der Waals surface area contributed by atoms with Crippen molar-refractivity contribution < 1.29 is 4.39 Å². The maximum absolute atomic E-state index is 13.9. The van der Waals surface area contributed by atoms with Crippen molar-refractivity contribution in [1.29, 1.82) is 0 Å². The fourth-order valence-corrected chi connectivity index (χ4v) is 2.29. The second kappa shape index (κ2) is 4.11. The predicted octanol–water partition coefficient (Wildman–Crippen LogP) is 3.59. The van der Waals surface area contributed by atoms with Crippen LogP contribution in [0.25, 0.3) is 0 Å². The number of hydrogen-bond donors (Lipinski definition) is 1. The molecule has 0 radical (unpaired) electrons. The molecular formula is C12H15ClFN. The summed E-state index contributed by atoms with van der Waals surface area (Å²) < 4.78 is 13.9. The summed E-state index contributed by atoms with van der Waals surface area (Å²) in [4.78, 5) is 0. The van der Waals surface area contributed by atoms with Crippen molar-refractivity contribution in [3.63, 3.8) is 0 Å². The molecule has 2 N–H and O–H groups in total. The van der Waals surface area contributed by atoms with Gasteiger partial charge in [-0.05, 0) is 37.3 Å². The summed E-state index contributed by atoms with van der Waals surface area (Å²) in [5, 5.41) is 0.456. The first-order valence-electron chi connectivity index (χ1n) is 5.31. The van der Waals surface area contributed by atoms with Gasteiger partial charge in [-0.1, -0.05) is 24.1 Å². The van der Waals surface area contributed by atoms with Crippen LogP contribution in [0.2, 0.25) is 5.02 Å². The van der Waals surface area contributed by atoms with E-state index in [0.717, 1.165) is 12.8 Å². The van der Waals surface area contributed by atoms with Crippen LogP contribution in [0.15, 0.2) is 12.1 Å². The van der Waals surface area contributed by atoms with Gasteiger partial charge in [0.2, 0.25) is 0 Å². The second-order valence-electron chi connectivity index (χ2n) is 4.31. The van der Waals surface area contributed by atoms with E-state index in [1.54, 1.807) is 19.1 Å². The fraction of sp³-hybridized carbons (Fsp3) is 0.500. The van der Waals surface area contributed by atoms with Gasteiger partial charge in [0.05, 0.1) is 0 Å². The maximum Gasteiger partial charge on any atom is 0.132 e. The standard InChI is InChI=1S/C12H15ClFN/c1-7-5-6-9(13)10(11(7)14)12(15)8-3-2-4-8/h5-6,8,12H,2-4,15H2,1H3/t12-/m0/s1. The second-order valence-corrected chi connectivity index (χ2v) is 4.72. The molecule has 1 atom stereocenters. The molecule has 0 aliphatic heterocycles. The topological polar surface area (TPSA) is 26.0 Å². The van der Waals surface area contributed by atoms with Crippen LogP contribution in [0.4, 0.5) is 4.39 Å². The van der Waals surface area contributed by atoms with Crippen LogP contribution in [-0.4, -0.2) is 0 Å². The van der Waals surface area contributed by atoms with Gasteiger partial charge in [0.15, 0.2) is 0 Å². The van der Waals surface area contributed by atoms with Crippen molar-refractivity contribution in [1.82, 2.24) is 0 Å². The van der Waals surface area contributed by atoms with Crippen LogP contribution in [0.5, 0.6) is 0 Å². The number of nitrogens with two attached hydrogens (primary N) is 1. The number of aryl methyl sites for hydroxylation is 1. The highest BCUT2D eigenvalue weighted by molar-refractivity contribution is 6.31. The van der Waals surface area contributed by atoms with Crippen molar-refractivity contribution in [3.05, 3.63) is 34.1 Å². The molecule has 2 rings (SSSR count). The number of rotatable bonds is 2. The Kier molecular flexibility index (Phi) is 2.98. The first-order valence-corrected chi connectivity index (χ1v) is 5.69. The van der Waals surface area contributed by atoms with E-state index in [1.807, 2.05) is 0 Å². The molecular weight excluding hydrogens is 213 g/mol. The Balaban J connectivity index is 2.36. The molecule has 0 heterocycles. The molecule has 1 aromatic rings. The Labute approximate surface area is 94.4 Å². The zero-order chi connectivity index (χ0) is 11.0. The lowest BCUT2D eigenvalue weighted by molar-refractivity contribution is 0.260. The minimum atomic E-state index is -0.244. The number of benzene rings is 1. The van der Waals surface area contributed by atoms with Crippen LogP contribution >= 0.6 is 11.6 Å². The number of hydrogen-bond acceptors (Lipinski definition) is 1. The summed E-state index contributed by atoms with van der Waals surface area (Å²) in [5.41, 5.74) is 7.16. The smallest absolute Gasteiger partial charge is 0.132 e.